The van der Waals surface area contributed by atoms with Crippen LogP contribution in [0.5, 0.6) is 0 Å². The zero-order valence-corrected chi connectivity index (χ0v) is 7.77. The lowest BCUT2D eigenvalue weighted by Gasteiger charge is -2.41. The first kappa shape index (κ1) is 11.6. The Balaban J connectivity index is 4.00. The van der Waals surface area contributed by atoms with Crippen LogP contribution >= 0.6 is 12.6 Å². The van der Waals surface area contributed by atoms with Crippen LogP contribution in [0.1, 0.15) is 19.8 Å². The van der Waals surface area contributed by atoms with E-state index in [0.717, 1.165) is 12.2 Å². The van der Waals surface area contributed by atoms with Gasteiger partial charge in [-0.3, -0.25) is 0 Å². The van der Waals surface area contributed by atoms with E-state index in [-0.39, 0.29) is 0 Å². The molecule has 0 saturated heterocycles. The molecule has 0 rings (SSSR count). The highest BCUT2D eigenvalue weighted by Gasteiger charge is 2.29. The third-order valence-electron chi connectivity index (χ3n) is 1.75. The molecule has 0 aromatic carbocycles. The minimum absolute atomic E-state index is 0.583. The van der Waals surface area contributed by atoms with E-state index >= 15 is 0 Å². The maximum atomic E-state index is 5.67. The summed E-state index contributed by atoms with van der Waals surface area (Å²) in [6.45, 7) is 1.62. The summed E-state index contributed by atoms with van der Waals surface area (Å²) in [5.74, 6) is 0.742. The lowest BCUT2D eigenvalue weighted by atomic mass is 9.29. The zero-order valence-electron chi connectivity index (χ0n) is 6.88. The average Bonchev–Trinajstić information content (AvgIpc) is 1.81. The molecule has 0 spiro atoms. The summed E-state index contributed by atoms with van der Waals surface area (Å²) in [6.07, 6.45) is 1.40. The summed E-state index contributed by atoms with van der Waals surface area (Å²) < 4.78 is 0. The molecule has 0 heterocycles. The van der Waals surface area contributed by atoms with Gasteiger partial charge in [0.25, 0.3) is 0 Å². The van der Waals surface area contributed by atoms with Gasteiger partial charge in [0.05, 0.1) is 31.4 Å². The number of thiol groups is 1. The summed E-state index contributed by atoms with van der Waals surface area (Å²) in [4.78, 5) is 0. The van der Waals surface area contributed by atoms with Crippen LogP contribution in [0, 0.1) is 0 Å². The quantitative estimate of drug-likeness (QED) is 0.449. The van der Waals surface area contributed by atoms with Gasteiger partial charge in [0.15, 0.2) is 0 Å². The summed E-state index contributed by atoms with van der Waals surface area (Å²) in [7, 11) is 22.5. The van der Waals surface area contributed by atoms with Gasteiger partial charge in [0, 0.05) is 0 Å². The first-order valence-corrected chi connectivity index (χ1v) is 4.21. The van der Waals surface area contributed by atoms with Crippen molar-refractivity contribution in [3.8, 4) is 0 Å². The van der Waals surface area contributed by atoms with Crippen molar-refractivity contribution in [1.82, 2.24) is 0 Å². The Morgan fingerprint density at radius 1 is 1.18 bits per heavy atom. The van der Waals surface area contributed by atoms with Crippen molar-refractivity contribution >= 4 is 44.0 Å². The van der Waals surface area contributed by atoms with E-state index in [9.17, 15) is 0 Å². The van der Waals surface area contributed by atoms with Gasteiger partial charge in [-0.1, -0.05) is 13.3 Å². The van der Waals surface area contributed by atoms with Crippen LogP contribution < -0.4 is 0 Å². The monoisotopic (exact) mass is 158 g/mol. The van der Waals surface area contributed by atoms with Crippen molar-refractivity contribution in [2.75, 3.05) is 5.75 Å². The van der Waals surface area contributed by atoms with E-state index in [0.29, 0.717) is 6.42 Å². The predicted molar refractivity (Wildman–Crippen MR) is 57.2 cm³/mol. The summed E-state index contributed by atoms with van der Waals surface area (Å²) in [5, 5.41) is -2.04. The molecule has 0 bridgehead atoms. The molecular formula is C6H10B4S. The maximum Gasteiger partial charge on any atom is 0.0608 e. The summed E-state index contributed by atoms with van der Waals surface area (Å²) >= 11 is 4.04. The molecule has 0 saturated carbocycles. The molecule has 8 radical (unpaired) electrons. The van der Waals surface area contributed by atoms with Crippen LogP contribution in [0.4, 0.5) is 0 Å². The van der Waals surface area contributed by atoms with Gasteiger partial charge in [0.1, 0.15) is 0 Å². The molecule has 0 aromatic heterocycles. The second kappa shape index (κ2) is 4.02. The number of hydrogen-bond acceptors (Lipinski definition) is 1. The molecule has 0 aliphatic rings. The van der Waals surface area contributed by atoms with Gasteiger partial charge in [-0.2, -0.15) is 12.6 Å². The van der Waals surface area contributed by atoms with Gasteiger partial charge in [0.2, 0.25) is 0 Å². The first-order chi connectivity index (χ1) is 4.81. The van der Waals surface area contributed by atoms with Gasteiger partial charge >= 0.3 is 0 Å². The Morgan fingerprint density at radius 3 is 1.91 bits per heavy atom. The highest BCUT2D eigenvalue weighted by molar-refractivity contribution is 7.80. The molecule has 5 heteroatoms. The fourth-order valence-electron chi connectivity index (χ4n) is 0.641. The summed E-state index contributed by atoms with van der Waals surface area (Å²) in [5.41, 5.74) is 0. The molecule has 0 fully saturated rings. The molecule has 52 valence electrons. The second-order valence-corrected chi connectivity index (χ2v) is 3.60. The molecule has 0 aliphatic heterocycles. The Bertz CT molecular complexity index is 118. The van der Waals surface area contributed by atoms with Gasteiger partial charge in [-0.25, -0.2) is 0 Å². The first-order valence-electron chi connectivity index (χ1n) is 3.57. The van der Waals surface area contributed by atoms with E-state index < -0.39 is 10.4 Å². The fourth-order valence-corrected chi connectivity index (χ4v) is 0.799. The lowest BCUT2D eigenvalue weighted by Crippen LogP contribution is -2.30. The van der Waals surface area contributed by atoms with Gasteiger partial charge in [-0.05, 0) is 12.2 Å². The average molecular weight is 157 g/mol. The number of rotatable bonds is 4. The molecule has 0 amide bonds. The third kappa shape index (κ3) is 3.68. The van der Waals surface area contributed by atoms with E-state index in [1.807, 2.05) is 0 Å². The molecular weight excluding hydrogens is 147 g/mol. The molecule has 0 N–H and O–H groups in total. The van der Waals surface area contributed by atoms with Gasteiger partial charge in [-0.15, -0.1) is 10.4 Å². The standard InChI is InChI=1S/C6H10B4S/c1-5(7,8)6(9,10)3-2-4-11/h11H,2-4H2,1H3. The van der Waals surface area contributed by atoms with Crippen LogP contribution in [0.25, 0.3) is 0 Å². The van der Waals surface area contributed by atoms with Gasteiger partial charge < -0.3 is 0 Å². The second-order valence-electron chi connectivity index (χ2n) is 3.15. The minimum atomic E-state index is -1.03. The van der Waals surface area contributed by atoms with Crippen molar-refractivity contribution in [2.24, 2.45) is 0 Å². The molecule has 0 aliphatic carbocycles. The molecule has 0 unspecified atom stereocenters. The summed E-state index contributed by atoms with van der Waals surface area (Å²) in [6, 6.07) is 0. The van der Waals surface area contributed by atoms with E-state index in [4.69, 9.17) is 31.4 Å². The smallest absolute Gasteiger partial charge is 0.0608 e. The third-order valence-corrected chi connectivity index (χ3v) is 2.07. The lowest BCUT2D eigenvalue weighted by molar-refractivity contribution is 0.607. The largest absolute Gasteiger partial charge is 0.179 e. The van der Waals surface area contributed by atoms with Crippen LogP contribution in [0.3, 0.4) is 0 Å². The molecule has 0 nitrogen and oxygen atoms in total. The van der Waals surface area contributed by atoms with Crippen LogP contribution in [-0.4, -0.2) is 37.1 Å². The fraction of sp³-hybridized carbons (Fsp3) is 1.00. The number of hydrogen-bond donors (Lipinski definition) is 1. The Kier molecular flexibility index (Phi) is 4.24. The molecule has 0 aromatic rings. The van der Waals surface area contributed by atoms with E-state index in [1.54, 1.807) is 6.92 Å². The van der Waals surface area contributed by atoms with E-state index in [1.165, 1.54) is 0 Å². The minimum Gasteiger partial charge on any atom is -0.179 e. The van der Waals surface area contributed by atoms with Crippen molar-refractivity contribution in [2.45, 2.75) is 30.2 Å². The highest BCUT2D eigenvalue weighted by atomic mass is 32.1. The van der Waals surface area contributed by atoms with Crippen molar-refractivity contribution in [3.05, 3.63) is 0 Å². The van der Waals surface area contributed by atoms with Crippen LogP contribution in [0.2, 0.25) is 10.4 Å². The van der Waals surface area contributed by atoms with Crippen LogP contribution in [0.15, 0.2) is 0 Å². The maximum absolute atomic E-state index is 5.67. The van der Waals surface area contributed by atoms with Crippen molar-refractivity contribution in [3.63, 3.8) is 0 Å². The Morgan fingerprint density at radius 2 is 1.64 bits per heavy atom. The highest BCUT2D eigenvalue weighted by Crippen LogP contribution is 2.44. The topological polar surface area (TPSA) is 0 Å². The Hall–Kier alpha value is 0.610. The van der Waals surface area contributed by atoms with Crippen molar-refractivity contribution in [1.29, 1.82) is 0 Å². The molecule has 11 heavy (non-hydrogen) atoms. The van der Waals surface area contributed by atoms with Crippen molar-refractivity contribution < 1.29 is 0 Å². The van der Waals surface area contributed by atoms with Crippen LogP contribution in [-0.2, 0) is 0 Å². The van der Waals surface area contributed by atoms with E-state index in [2.05, 4.69) is 12.6 Å². The SMILES string of the molecule is [B]C([B])(C)C([B])([B])CCCS. The zero-order chi connectivity index (χ0) is 9.12. The normalized spacial score (nSPS) is 13.3. The Labute approximate surface area is 80.3 Å². The predicted octanol–water partition coefficient (Wildman–Crippen LogP) is 0.623. The molecule has 0 atom stereocenters.